The van der Waals surface area contributed by atoms with Crippen LogP contribution in [0.3, 0.4) is 0 Å². The van der Waals surface area contributed by atoms with Gasteiger partial charge in [-0.05, 0) is 42.9 Å². The Bertz CT molecular complexity index is 280. The number of hydrogen-bond donors (Lipinski definition) is 1. The molecule has 1 saturated heterocycles. The van der Waals surface area contributed by atoms with Gasteiger partial charge >= 0.3 is 0 Å². The maximum absolute atomic E-state index is 6.30. The van der Waals surface area contributed by atoms with Crippen LogP contribution in [0.25, 0.3) is 0 Å². The SMILES string of the molecule is CC(C)(C)CC1NCCOC12CCC(C)(C)CC2. The first-order valence-electron chi connectivity index (χ1n) is 7.60. The number of nitrogens with one attached hydrogen (secondary N) is 1. The highest BCUT2D eigenvalue weighted by molar-refractivity contribution is 5.01. The summed E-state index contributed by atoms with van der Waals surface area (Å²) in [5.41, 5.74) is 1.01. The van der Waals surface area contributed by atoms with Crippen molar-refractivity contribution in [3.63, 3.8) is 0 Å². The van der Waals surface area contributed by atoms with E-state index >= 15 is 0 Å². The molecule has 0 amide bonds. The molecule has 0 aromatic heterocycles. The summed E-state index contributed by atoms with van der Waals surface area (Å²) in [6.07, 6.45) is 6.28. The zero-order valence-corrected chi connectivity index (χ0v) is 12.9. The molecule has 0 bridgehead atoms. The Morgan fingerprint density at radius 1 is 1.11 bits per heavy atom. The molecule has 2 nitrogen and oxygen atoms in total. The molecule has 1 aliphatic carbocycles. The first-order valence-corrected chi connectivity index (χ1v) is 7.60. The quantitative estimate of drug-likeness (QED) is 0.768. The molecule has 1 unspecified atom stereocenters. The van der Waals surface area contributed by atoms with E-state index in [2.05, 4.69) is 39.9 Å². The second kappa shape index (κ2) is 4.79. The van der Waals surface area contributed by atoms with Gasteiger partial charge < -0.3 is 10.1 Å². The van der Waals surface area contributed by atoms with Gasteiger partial charge in [0, 0.05) is 12.6 Å². The van der Waals surface area contributed by atoms with Crippen molar-refractivity contribution in [2.24, 2.45) is 10.8 Å². The number of rotatable bonds is 1. The first kappa shape index (κ1) is 14.3. The summed E-state index contributed by atoms with van der Waals surface area (Å²) in [4.78, 5) is 0. The molecule has 1 atom stereocenters. The van der Waals surface area contributed by atoms with E-state index in [1.807, 2.05) is 0 Å². The summed E-state index contributed by atoms with van der Waals surface area (Å²) < 4.78 is 6.30. The van der Waals surface area contributed by atoms with Crippen LogP contribution in [-0.2, 0) is 4.74 Å². The van der Waals surface area contributed by atoms with Gasteiger partial charge in [-0.15, -0.1) is 0 Å². The molecular formula is C16H31NO. The lowest BCUT2D eigenvalue weighted by atomic mass is 9.66. The van der Waals surface area contributed by atoms with Gasteiger partial charge in [0.25, 0.3) is 0 Å². The molecule has 1 N–H and O–H groups in total. The van der Waals surface area contributed by atoms with Crippen molar-refractivity contribution >= 4 is 0 Å². The van der Waals surface area contributed by atoms with Gasteiger partial charge in [-0.3, -0.25) is 0 Å². The Labute approximate surface area is 113 Å². The second-order valence-corrected chi connectivity index (χ2v) is 8.35. The number of morpholine rings is 1. The third-order valence-corrected chi connectivity index (χ3v) is 4.78. The average Bonchev–Trinajstić information content (AvgIpc) is 2.24. The highest BCUT2D eigenvalue weighted by Crippen LogP contribution is 2.46. The van der Waals surface area contributed by atoms with Crippen molar-refractivity contribution in [3.8, 4) is 0 Å². The highest BCUT2D eigenvalue weighted by atomic mass is 16.5. The van der Waals surface area contributed by atoms with Crippen LogP contribution in [0.15, 0.2) is 0 Å². The zero-order chi connectivity index (χ0) is 13.4. The molecule has 2 fully saturated rings. The highest BCUT2D eigenvalue weighted by Gasteiger charge is 2.47. The van der Waals surface area contributed by atoms with E-state index in [1.165, 1.54) is 32.1 Å². The number of hydrogen-bond acceptors (Lipinski definition) is 2. The third kappa shape index (κ3) is 3.27. The summed E-state index contributed by atoms with van der Waals surface area (Å²) >= 11 is 0. The summed E-state index contributed by atoms with van der Waals surface area (Å²) in [5.74, 6) is 0. The molecule has 2 aliphatic rings. The Balaban J connectivity index is 2.08. The van der Waals surface area contributed by atoms with Crippen LogP contribution >= 0.6 is 0 Å². The van der Waals surface area contributed by atoms with Crippen molar-refractivity contribution in [1.82, 2.24) is 5.32 Å². The fourth-order valence-corrected chi connectivity index (χ4v) is 3.49. The molecular weight excluding hydrogens is 222 g/mol. The van der Waals surface area contributed by atoms with Crippen molar-refractivity contribution in [2.45, 2.75) is 78.4 Å². The van der Waals surface area contributed by atoms with Crippen LogP contribution in [0, 0.1) is 10.8 Å². The van der Waals surface area contributed by atoms with E-state index < -0.39 is 0 Å². The van der Waals surface area contributed by atoms with Gasteiger partial charge in [0.1, 0.15) is 0 Å². The summed E-state index contributed by atoms with van der Waals surface area (Å²) in [6, 6.07) is 0.544. The fraction of sp³-hybridized carbons (Fsp3) is 1.00. The van der Waals surface area contributed by atoms with Gasteiger partial charge in [-0.2, -0.15) is 0 Å². The van der Waals surface area contributed by atoms with Gasteiger partial charge in [-0.1, -0.05) is 34.6 Å². The van der Waals surface area contributed by atoms with Crippen LogP contribution in [0.5, 0.6) is 0 Å². The van der Waals surface area contributed by atoms with Crippen molar-refractivity contribution in [2.75, 3.05) is 13.2 Å². The largest absolute Gasteiger partial charge is 0.372 e. The Hall–Kier alpha value is -0.0800. The lowest BCUT2D eigenvalue weighted by Crippen LogP contribution is -2.60. The summed E-state index contributed by atoms with van der Waals surface area (Å²) in [5, 5.41) is 3.74. The van der Waals surface area contributed by atoms with Gasteiger partial charge in [-0.25, -0.2) is 0 Å². The van der Waals surface area contributed by atoms with Crippen LogP contribution in [0.4, 0.5) is 0 Å². The van der Waals surface area contributed by atoms with E-state index in [0.29, 0.717) is 16.9 Å². The molecule has 1 aliphatic heterocycles. The van der Waals surface area contributed by atoms with Crippen molar-refractivity contribution < 1.29 is 4.74 Å². The standard InChI is InChI=1S/C16H31NO/c1-14(2,3)12-13-16(18-11-10-17-13)8-6-15(4,5)7-9-16/h13,17H,6-12H2,1-5H3. The average molecular weight is 253 g/mol. The maximum Gasteiger partial charge on any atom is 0.0836 e. The Kier molecular flexibility index (Phi) is 3.81. The Morgan fingerprint density at radius 3 is 2.28 bits per heavy atom. The minimum absolute atomic E-state index is 0.126. The molecule has 1 spiro atoms. The molecule has 106 valence electrons. The molecule has 18 heavy (non-hydrogen) atoms. The second-order valence-electron chi connectivity index (χ2n) is 8.35. The molecule has 1 heterocycles. The lowest BCUT2D eigenvalue weighted by molar-refractivity contribution is -0.137. The van der Waals surface area contributed by atoms with E-state index in [-0.39, 0.29) is 5.60 Å². The van der Waals surface area contributed by atoms with Crippen molar-refractivity contribution in [3.05, 3.63) is 0 Å². The minimum atomic E-state index is 0.126. The van der Waals surface area contributed by atoms with E-state index in [0.717, 1.165) is 13.2 Å². The van der Waals surface area contributed by atoms with E-state index in [4.69, 9.17) is 4.74 Å². The zero-order valence-electron chi connectivity index (χ0n) is 12.9. The van der Waals surface area contributed by atoms with Gasteiger partial charge in [0.15, 0.2) is 0 Å². The third-order valence-electron chi connectivity index (χ3n) is 4.78. The fourth-order valence-electron chi connectivity index (χ4n) is 3.49. The van der Waals surface area contributed by atoms with Gasteiger partial charge in [0.2, 0.25) is 0 Å². The topological polar surface area (TPSA) is 21.3 Å². The van der Waals surface area contributed by atoms with E-state index in [1.54, 1.807) is 0 Å². The van der Waals surface area contributed by atoms with Crippen LogP contribution in [0.2, 0.25) is 0 Å². The first-order chi connectivity index (χ1) is 8.23. The summed E-state index contributed by atoms with van der Waals surface area (Å²) in [6.45, 7) is 13.7. The normalized spacial score (nSPS) is 31.5. The van der Waals surface area contributed by atoms with Crippen molar-refractivity contribution in [1.29, 1.82) is 0 Å². The summed E-state index contributed by atoms with van der Waals surface area (Å²) in [7, 11) is 0. The van der Waals surface area contributed by atoms with E-state index in [9.17, 15) is 0 Å². The minimum Gasteiger partial charge on any atom is -0.372 e. The molecule has 0 aromatic rings. The Morgan fingerprint density at radius 2 is 1.72 bits per heavy atom. The van der Waals surface area contributed by atoms with Crippen LogP contribution in [0.1, 0.15) is 66.7 Å². The number of ether oxygens (including phenoxy) is 1. The lowest BCUT2D eigenvalue weighted by Gasteiger charge is -2.51. The molecule has 0 aromatic carbocycles. The molecule has 1 saturated carbocycles. The van der Waals surface area contributed by atoms with Crippen LogP contribution < -0.4 is 5.32 Å². The predicted molar refractivity (Wildman–Crippen MR) is 76.8 cm³/mol. The van der Waals surface area contributed by atoms with Crippen LogP contribution in [-0.4, -0.2) is 24.8 Å². The molecule has 2 heteroatoms. The maximum atomic E-state index is 6.30. The molecule has 2 rings (SSSR count). The predicted octanol–water partition coefficient (Wildman–Crippen LogP) is 3.75. The van der Waals surface area contributed by atoms with Gasteiger partial charge in [0.05, 0.1) is 12.2 Å². The smallest absolute Gasteiger partial charge is 0.0836 e. The molecule has 0 radical (unpaired) electrons. The monoisotopic (exact) mass is 253 g/mol.